The third kappa shape index (κ3) is 5.35. The maximum absolute atomic E-state index is 12.5. The molecular weight excluding hydrogens is 372 g/mol. The standard InChI is InChI=1S/C22H28N2O3S/c1-3-26-20-10-7-18(15-21(20)27-4-2)22(25)23-16-17-5-8-19(9-6-17)24-11-13-28-14-12-24/h5-10,15H,3-4,11-14,16H2,1-2H3,(H,23,25). The number of rotatable bonds is 8. The maximum Gasteiger partial charge on any atom is 0.251 e. The first kappa shape index (κ1) is 20.4. The minimum atomic E-state index is -0.124. The molecule has 6 heteroatoms. The molecule has 0 atom stereocenters. The van der Waals surface area contributed by atoms with Gasteiger partial charge in [0.2, 0.25) is 0 Å². The van der Waals surface area contributed by atoms with Crippen LogP contribution in [0.1, 0.15) is 29.8 Å². The number of amides is 1. The topological polar surface area (TPSA) is 50.8 Å². The van der Waals surface area contributed by atoms with Crippen molar-refractivity contribution < 1.29 is 14.3 Å². The van der Waals surface area contributed by atoms with Gasteiger partial charge in [0.05, 0.1) is 13.2 Å². The minimum absolute atomic E-state index is 0.124. The molecule has 0 spiro atoms. The van der Waals surface area contributed by atoms with Gasteiger partial charge in [0.25, 0.3) is 5.91 Å². The lowest BCUT2D eigenvalue weighted by atomic mass is 10.1. The van der Waals surface area contributed by atoms with Gasteiger partial charge >= 0.3 is 0 Å². The van der Waals surface area contributed by atoms with Crippen molar-refractivity contribution in [3.05, 3.63) is 53.6 Å². The Hall–Kier alpha value is -2.34. The van der Waals surface area contributed by atoms with Crippen molar-refractivity contribution in [1.82, 2.24) is 5.32 Å². The van der Waals surface area contributed by atoms with E-state index in [1.54, 1.807) is 18.2 Å². The molecule has 1 amide bonds. The number of benzene rings is 2. The molecule has 5 nitrogen and oxygen atoms in total. The summed E-state index contributed by atoms with van der Waals surface area (Å²) in [6.07, 6.45) is 0. The van der Waals surface area contributed by atoms with Crippen molar-refractivity contribution in [2.45, 2.75) is 20.4 Å². The highest BCUT2D eigenvalue weighted by molar-refractivity contribution is 7.99. The minimum Gasteiger partial charge on any atom is -0.490 e. The van der Waals surface area contributed by atoms with Crippen LogP contribution in [-0.2, 0) is 6.54 Å². The van der Waals surface area contributed by atoms with E-state index in [4.69, 9.17) is 9.47 Å². The molecule has 28 heavy (non-hydrogen) atoms. The molecule has 1 aliphatic rings. The van der Waals surface area contributed by atoms with Crippen molar-refractivity contribution >= 4 is 23.4 Å². The van der Waals surface area contributed by atoms with Crippen molar-refractivity contribution in [2.24, 2.45) is 0 Å². The van der Waals surface area contributed by atoms with Crippen molar-refractivity contribution in [2.75, 3.05) is 42.7 Å². The number of hydrogen-bond donors (Lipinski definition) is 1. The average Bonchev–Trinajstić information content (AvgIpc) is 2.74. The number of thioether (sulfide) groups is 1. The van der Waals surface area contributed by atoms with Gasteiger partial charge in [0, 0.05) is 42.4 Å². The highest BCUT2D eigenvalue weighted by Gasteiger charge is 2.13. The van der Waals surface area contributed by atoms with Crippen LogP contribution < -0.4 is 19.7 Å². The first-order chi connectivity index (χ1) is 13.7. The molecule has 1 heterocycles. The summed E-state index contributed by atoms with van der Waals surface area (Å²) in [5.41, 5.74) is 2.90. The number of carbonyl (C=O) groups is 1. The third-order valence-electron chi connectivity index (χ3n) is 4.57. The highest BCUT2D eigenvalue weighted by atomic mass is 32.2. The molecule has 0 unspecified atom stereocenters. The molecule has 2 aromatic rings. The number of ether oxygens (including phenoxy) is 2. The average molecular weight is 401 g/mol. The van der Waals surface area contributed by atoms with Crippen LogP contribution in [0.2, 0.25) is 0 Å². The zero-order valence-corrected chi connectivity index (χ0v) is 17.4. The molecular formula is C22H28N2O3S. The zero-order chi connectivity index (χ0) is 19.8. The van der Waals surface area contributed by atoms with Crippen molar-refractivity contribution in [3.8, 4) is 11.5 Å². The van der Waals surface area contributed by atoms with E-state index in [1.807, 2.05) is 25.6 Å². The number of nitrogens with one attached hydrogen (secondary N) is 1. The van der Waals surface area contributed by atoms with E-state index in [0.717, 1.165) is 18.7 Å². The summed E-state index contributed by atoms with van der Waals surface area (Å²) in [7, 11) is 0. The normalized spacial score (nSPS) is 13.9. The van der Waals surface area contributed by atoms with Gasteiger partial charge in [0.1, 0.15) is 0 Å². The fourth-order valence-corrected chi connectivity index (χ4v) is 4.03. The lowest BCUT2D eigenvalue weighted by Gasteiger charge is -2.28. The number of hydrogen-bond acceptors (Lipinski definition) is 5. The third-order valence-corrected chi connectivity index (χ3v) is 5.51. The van der Waals surface area contributed by atoms with E-state index < -0.39 is 0 Å². The summed E-state index contributed by atoms with van der Waals surface area (Å²) in [4.78, 5) is 15.0. The molecule has 150 valence electrons. The molecule has 1 saturated heterocycles. The van der Waals surface area contributed by atoms with Gasteiger partial charge in [-0.05, 0) is 49.7 Å². The Labute approximate surface area is 171 Å². The molecule has 2 aromatic carbocycles. The summed E-state index contributed by atoms with van der Waals surface area (Å²) in [5, 5.41) is 2.98. The summed E-state index contributed by atoms with van der Waals surface area (Å²) >= 11 is 2.01. The van der Waals surface area contributed by atoms with E-state index in [-0.39, 0.29) is 5.91 Å². The molecule has 0 saturated carbocycles. The van der Waals surface area contributed by atoms with Crippen LogP contribution in [-0.4, -0.2) is 43.7 Å². The van der Waals surface area contributed by atoms with E-state index >= 15 is 0 Å². The summed E-state index contributed by atoms with van der Waals surface area (Å²) in [6.45, 7) is 7.60. The lowest BCUT2D eigenvalue weighted by molar-refractivity contribution is 0.0950. The number of nitrogens with zero attached hydrogens (tertiary/aromatic N) is 1. The van der Waals surface area contributed by atoms with Crippen LogP contribution in [0, 0.1) is 0 Å². The molecule has 1 aliphatic heterocycles. The lowest BCUT2D eigenvalue weighted by Crippen LogP contribution is -2.32. The Kier molecular flexibility index (Phi) is 7.48. The second-order valence-corrected chi connectivity index (χ2v) is 7.70. The molecule has 1 fully saturated rings. The van der Waals surface area contributed by atoms with Crippen molar-refractivity contribution in [3.63, 3.8) is 0 Å². The number of carbonyl (C=O) groups excluding carboxylic acids is 1. The summed E-state index contributed by atoms with van der Waals surface area (Å²) in [5.74, 6) is 3.50. The number of anilines is 1. The molecule has 0 radical (unpaired) electrons. The first-order valence-electron chi connectivity index (χ1n) is 9.80. The van der Waals surface area contributed by atoms with E-state index in [0.29, 0.717) is 36.8 Å². The Morgan fingerprint density at radius 3 is 2.36 bits per heavy atom. The first-order valence-corrected chi connectivity index (χ1v) is 11.0. The molecule has 0 aliphatic carbocycles. The van der Waals surface area contributed by atoms with Crippen molar-refractivity contribution in [1.29, 1.82) is 0 Å². The van der Waals surface area contributed by atoms with E-state index in [1.165, 1.54) is 17.2 Å². The molecule has 0 aromatic heterocycles. The zero-order valence-electron chi connectivity index (χ0n) is 16.6. The predicted molar refractivity (Wildman–Crippen MR) is 116 cm³/mol. The van der Waals surface area contributed by atoms with Gasteiger partial charge in [-0.2, -0.15) is 11.8 Å². The van der Waals surface area contributed by atoms with Crippen LogP contribution in [0.5, 0.6) is 11.5 Å². The SMILES string of the molecule is CCOc1ccc(C(=O)NCc2ccc(N3CCSCC3)cc2)cc1OCC. The molecule has 3 rings (SSSR count). The van der Waals surface area contributed by atoms with Crippen LogP contribution in [0.25, 0.3) is 0 Å². The van der Waals surface area contributed by atoms with Gasteiger partial charge in [0.15, 0.2) is 11.5 Å². The van der Waals surface area contributed by atoms with Gasteiger partial charge in [-0.25, -0.2) is 0 Å². The van der Waals surface area contributed by atoms with Crippen LogP contribution in [0.4, 0.5) is 5.69 Å². The Bertz CT molecular complexity index is 774. The summed E-state index contributed by atoms with van der Waals surface area (Å²) < 4.78 is 11.2. The fourth-order valence-electron chi connectivity index (χ4n) is 3.12. The van der Waals surface area contributed by atoms with Gasteiger partial charge in [-0.3, -0.25) is 4.79 Å². The smallest absolute Gasteiger partial charge is 0.251 e. The largest absolute Gasteiger partial charge is 0.490 e. The van der Waals surface area contributed by atoms with Gasteiger partial charge in [-0.1, -0.05) is 12.1 Å². The molecule has 1 N–H and O–H groups in total. The summed E-state index contributed by atoms with van der Waals surface area (Å²) in [6, 6.07) is 13.7. The van der Waals surface area contributed by atoms with Gasteiger partial charge in [-0.15, -0.1) is 0 Å². The Balaban J connectivity index is 1.59. The van der Waals surface area contributed by atoms with Crippen LogP contribution >= 0.6 is 11.8 Å². The highest BCUT2D eigenvalue weighted by Crippen LogP contribution is 2.28. The Morgan fingerprint density at radius 1 is 1.00 bits per heavy atom. The Morgan fingerprint density at radius 2 is 1.68 bits per heavy atom. The maximum atomic E-state index is 12.5. The quantitative estimate of drug-likeness (QED) is 0.727. The van der Waals surface area contributed by atoms with Crippen LogP contribution in [0.15, 0.2) is 42.5 Å². The van der Waals surface area contributed by atoms with E-state index in [2.05, 4.69) is 34.5 Å². The second-order valence-electron chi connectivity index (χ2n) is 6.48. The second kappa shape index (κ2) is 10.3. The van der Waals surface area contributed by atoms with Gasteiger partial charge < -0.3 is 19.7 Å². The fraction of sp³-hybridized carbons (Fsp3) is 0.409. The van der Waals surface area contributed by atoms with E-state index in [9.17, 15) is 4.79 Å². The van der Waals surface area contributed by atoms with Crippen LogP contribution in [0.3, 0.4) is 0 Å². The predicted octanol–water partition coefficient (Wildman–Crippen LogP) is 3.97. The molecule has 0 bridgehead atoms. The monoisotopic (exact) mass is 400 g/mol.